The molecule has 3 amide bonds. The number of benzene rings is 2. The summed E-state index contributed by atoms with van der Waals surface area (Å²) in [4.78, 5) is 48.6. The van der Waals surface area contributed by atoms with Crippen LogP contribution in [-0.4, -0.2) is 101 Å². The molecule has 1 N–H and O–H groups in total. The number of likely N-dealkylation sites (N-methyl/N-ethyl adjacent to an activating group) is 1. The molecule has 3 fully saturated rings. The van der Waals surface area contributed by atoms with Crippen molar-refractivity contribution in [2.75, 3.05) is 26.7 Å². The van der Waals surface area contributed by atoms with Crippen molar-refractivity contribution in [3.05, 3.63) is 85.5 Å². The number of aliphatic hydroxyl groups is 1. The van der Waals surface area contributed by atoms with E-state index in [0.717, 1.165) is 17.5 Å². The monoisotopic (exact) mass is 628 g/mol. The lowest BCUT2D eigenvalue weighted by Crippen LogP contribution is -2.59. The number of aromatic nitrogens is 3. The van der Waals surface area contributed by atoms with Gasteiger partial charge in [-0.25, -0.2) is 4.68 Å². The van der Waals surface area contributed by atoms with E-state index >= 15 is 4.79 Å². The fourth-order valence-corrected chi connectivity index (χ4v) is 10.2. The van der Waals surface area contributed by atoms with Crippen molar-refractivity contribution < 1.29 is 19.5 Å². The van der Waals surface area contributed by atoms with Gasteiger partial charge in [0.05, 0.1) is 34.7 Å². The molecule has 45 heavy (non-hydrogen) atoms. The summed E-state index contributed by atoms with van der Waals surface area (Å²) in [7, 11) is 1.73. The highest BCUT2D eigenvalue weighted by atomic mass is 32.2. The Balaban J connectivity index is 1.44. The maximum absolute atomic E-state index is 15.0. The molecule has 3 aromatic rings. The Hall–Kier alpha value is -3.96. The number of hydrogen-bond acceptors (Lipinski definition) is 7. The van der Waals surface area contributed by atoms with E-state index in [1.807, 2.05) is 54.6 Å². The predicted molar refractivity (Wildman–Crippen MR) is 174 cm³/mol. The number of carbonyl (C=O) groups is 3. The predicted octanol–water partition coefficient (Wildman–Crippen LogP) is 2.99. The number of carbonyl (C=O) groups excluding carboxylic acids is 3. The van der Waals surface area contributed by atoms with E-state index in [1.165, 1.54) is 0 Å². The maximum Gasteiger partial charge on any atom is 0.248 e. The molecule has 3 saturated heterocycles. The molecule has 0 aliphatic carbocycles. The zero-order valence-electron chi connectivity index (χ0n) is 25.7. The van der Waals surface area contributed by atoms with E-state index in [2.05, 4.69) is 30.4 Å². The Morgan fingerprint density at radius 2 is 1.82 bits per heavy atom. The number of thioether (sulfide) groups is 1. The number of para-hydroxylation sites is 1. The van der Waals surface area contributed by atoms with Crippen LogP contribution in [0.5, 0.6) is 0 Å². The highest BCUT2D eigenvalue weighted by Gasteiger charge is 2.77. The van der Waals surface area contributed by atoms with Gasteiger partial charge < -0.3 is 19.8 Å². The van der Waals surface area contributed by atoms with Gasteiger partial charge in [0.15, 0.2) is 0 Å². The van der Waals surface area contributed by atoms with Crippen molar-refractivity contribution in [2.24, 2.45) is 17.8 Å². The van der Waals surface area contributed by atoms with E-state index in [4.69, 9.17) is 0 Å². The van der Waals surface area contributed by atoms with Crippen LogP contribution in [0.2, 0.25) is 0 Å². The van der Waals surface area contributed by atoms with Crippen LogP contribution in [0.4, 0.5) is 0 Å². The SMILES string of the molecule is C=CCN(C)C(=O)[C@@H]1[C@H]2C(=O)N([C@@H](CO)Cc3ccccc3)C(C(=O)N(CC=C)Cn3nnc4ccccc43)C23S[C@@H]1CC3C. The minimum absolute atomic E-state index is 0.0111. The van der Waals surface area contributed by atoms with Crippen LogP contribution in [0, 0.1) is 17.8 Å². The third kappa shape index (κ3) is 5.06. The molecule has 3 aliphatic heterocycles. The molecular formula is C34H40N6O4S. The number of nitrogens with zero attached hydrogens (tertiary/aromatic N) is 6. The molecule has 4 heterocycles. The summed E-state index contributed by atoms with van der Waals surface area (Å²) >= 11 is 1.63. The lowest BCUT2D eigenvalue weighted by molar-refractivity contribution is -0.147. The molecule has 3 aliphatic rings. The Kier molecular flexibility index (Phi) is 8.58. The Morgan fingerprint density at radius 3 is 2.53 bits per heavy atom. The average molecular weight is 629 g/mol. The average Bonchev–Trinajstić information content (AvgIpc) is 3.77. The van der Waals surface area contributed by atoms with Crippen LogP contribution < -0.4 is 0 Å². The van der Waals surface area contributed by atoms with Gasteiger partial charge >= 0.3 is 0 Å². The summed E-state index contributed by atoms with van der Waals surface area (Å²) in [5, 5.41) is 19.3. The van der Waals surface area contributed by atoms with Gasteiger partial charge in [0.1, 0.15) is 18.2 Å². The standard InChI is InChI=1S/C34H40N6O4S/c1-5-16-37(4)31(42)28-27-18-22(3)34(45-27)29(28)32(43)40(24(20-41)19-23-12-8-7-9-13-23)30(34)33(44)38(17-6-2)21-39-26-15-11-10-14-25(26)35-36-39/h5-15,22,24,27-30,41H,1-2,16-21H2,3-4H3/t22?,24-,27-,28+,29+,30?,34?/m1/s1. The zero-order valence-corrected chi connectivity index (χ0v) is 26.6. The molecule has 2 bridgehead atoms. The summed E-state index contributed by atoms with van der Waals surface area (Å²) in [5.74, 6) is -1.85. The first-order chi connectivity index (χ1) is 21.8. The summed E-state index contributed by atoms with van der Waals surface area (Å²) in [5.41, 5.74) is 2.45. The zero-order chi connectivity index (χ0) is 31.9. The van der Waals surface area contributed by atoms with Gasteiger partial charge in [-0.15, -0.1) is 30.0 Å². The number of likely N-dealkylation sites (tertiary alicyclic amines) is 1. The molecule has 236 valence electrons. The third-order valence-corrected chi connectivity index (χ3v) is 11.9. The molecule has 2 aromatic carbocycles. The summed E-state index contributed by atoms with van der Waals surface area (Å²) in [6.07, 6.45) is 4.44. The molecule has 10 nitrogen and oxygen atoms in total. The molecular weight excluding hydrogens is 588 g/mol. The first kappa shape index (κ1) is 31.0. The Bertz CT molecular complexity index is 1610. The van der Waals surface area contributed by atoms with Crippen molar-refractivity contribution in [3.8, 4) is 0 Å². The highest BCUT2D eigenvalue weighted by molar-refractivity contribution is 8.02. The van der Waals surface area contributed by atoms with Gasteiger partial charge in [-0.05, 0) is 36.5 Å². The molecule has 1 aromatic heterocycles. The molecule has 11 heteroatoms. The number of aliphatic hydroxyl groups excluding tert-OH is 1. The van der Waals surface area contributed by atoms with Crippen LogP contribution in [0.25, 0.3) is 11.0 Å². The van der Waals surface area contributed by atoms with E-state index in [0.29, 0.717) is 18.5 Å². The van der Waals surface area contributed by atoms with Crippen LogP contribution in [0.3, 0.4) is 0 Å². The van der Waals surface area contributed by atoms with Gasteiger partial charge in [0, 0.05) is 25.4 Å². The van der Waals surface area contributed by atoms with E-state index in [-0.39, 0.29) is 48.7 Å². The van der Waals surface area contributed by atoms with Gasteiger partial charge in [-0.3, -0.25) is 14.4 Å². The lowest BCUT2D eigenvalue weighted by atomic mass is 9.65. The fraction of sp³-hybridized carbons (Fsp3) is 0.441. The lowest BCUT2D eigenvalue weighted by Gasteiger charge is -2.42. The van der Waals surface area contributed by atoms with Crippen molar-refractivity contribution in [1.82, 2.24) is 29.7 Å². The van der Waals surface area contributed by atoms with Crippen molar-refractivity contribution >= 4 is 40.5 Å². The van der Waals surface area contributed by atoms with E-state index in [1.54, 1.807) is 50.3 Å². The second-order valence-corrected chi connectivity index (χ2v) is 13.9. The van der Waals surface area contributed by atoms with Gasteiger partial charge in [0.25, 0.3) is 0 Å². The van der Waals surface area contributed by atoms with E-state index < -0.39 is 28.7 Å². The van der Waals surface area contributed by atoms with Gasteiger partial charge in [-0.2, -0.15) is 0 Å². The Labute approximate surface area is 267 Å². The minimum Gasteiger partial charge on any atom is -0.394 e. The first-order valence-electron chi connectivity index (χ1n) is 15.4. The molecule has 1 spiro atoms. The third-order valence-electron chi connectivity index (χ3n) is 9.79. The largest absolute Gasteiger partial charge is 0.394 e. The van der Waals surface area contributed by atoms with Crippen LogP contribution in [0.15, 0.2) is 79.9 Å². The van der Waals surface area contributed by atoms with Crippen LogP contribution in [0.1, 0.15) is 18.9 Å². The molecule has 0 saturated carbocycles. The molecule has 0 radical (unpaired) electrons. The Morgan fingerprint density at radius 1 is 1.11 bits per heavy atom. The van der Waals surface area contributed by atoms with Crippen molar-refractivity contribution in [3.63, 3.8) is 0 Å². The topological polar surface area (TPSA) is 112 Å². The minimum atomic E-state index is -0.891. The summed E-state index contributed by atoms with van der Waals surface area (Å²) < 4.78 is 0.849. The molecule has 3 unspecified atom stereocenters. The number of rotatable bonds is 12. The molecule has 7 atom stereocenters. The maximum atomic E-state index is 15.0. The summed E-state index contributed by atoms with van der Waals surface area (Å²) in [6.45, 7) is 10.2. The highest BCUT2D eigenvalue weighted by Crippen LogP contribution is 2.69. The smallest absolute Gasteiger partial charge is 0.248 e. The van der Waals surface area contributed by atoms with Crippen molar-refractivity contribution in [2.45, 2.75) is 48.5 Å². The number of amides is 3. The second-order valence-electron chi connectivity index (χ2n) is 12.4. The summed E-state index contributed by atoms with van der Waals surface area (Å²) in [6, 6.07) is 15.7. The van der Waals surface area contributed by atoms with Crippen molar-refractivity contribution in [1.29, 1.82) is 0 Å². The normalized spacial score (nSPS) is 27.4. The van der Waals surface area contributed by atoms with Crippen LogP contribution >= 0.6 is 11.8 Å². The number of fused-ring (bicyclic) bond motifs is 2. The quantitative estimate of drug-likeness (QED) is 0.307. The van der Waals surface area contributed by atoms with E-state index in [9.17, 15) is 14.7 Å². The van der Waals surface area contributed by atoms with Crippen LogP contribution in [-0.2, 0) is 27.5 Å². The molecule has 6 rings (SSSR count). The second kappa shape index (κ2) is 12.4. The first-order valence-corrected chi connectivity index (χ1v) is 16.3. The number of hydrogen-bond donors (Lipinski definition) is 1. The van der Waals surface area contributed by atoms with Gasteiger partial charge in [-0.1, -0.05) is 66.8 Å². The fourth-order valence-electron chi connectivity index (χ4n) is 7.82. The van der Waals surface area contributed by atoms with Gasteiger partial charge in [0.2, 0.25) is 17.7 Å².